The number of hydrogen-bond donors (Lipinski definition) is 0. The van der Waals surface area contributed by atoms with Gasteiger partial charge in [0.2, 0.25) is 0 Å². The molecule has 0 aliphatic rings. The number of hydrogen-bond acceptors (Lipinski definition) is 1. The third-order valence-corrected chi connectivity index (χ3v) is 1.41. The zero-order valence-electron chi connectivity index (χ0n) is 3.99. The second kappa shape index (κ2) is 6.09. The van der Waals surface area contributed by atoms with E-state index in [1.54, 1.807) is 0 Å². The molecule has 3 heteroatoms. The fourth-order valence-electron chi connectivity index (χ4n) is 0. The van der Waals surface area contributed by atoms with Crippen LogP contribution in [0.15, 0.2) is 0 Å². The zero-order chi connectivity index (χ0) is 4.28. The zero-order valence-corrected chi connectivity index (χ0v) is 5.99. The summed E-state index contributed by atoms with van der Waals surface area (Å²) < 4.78 is 4.89. The van der Waals surface area contributed by atoms with Gasteiger partial charge in [-0.3, -0.25) is 0 Å². The van der Waals surface area contributed by atoms with Crippen LogP contribution in [-0.2, 0) is 3.79 Å². The summed E-state index contributed by atoms with van der Waals surface area (Å²) in [4.78, 5) is 0. The van der Waals surface area contributed by atoms with Gasteiger partial charge < -0.3 is 3.79 Å². The molecule has 32 valence electrons. The van der Waals surface area contributed by atoms with Gasteiger partial charge in [0.25, 0.3) is 0 Å². The van der Waals surface area contributed by atoms with Crippen LogP contribution < -0.4 is 0 Å². The molecule has 0 unspecified atom stereocenters. The minimum absolute atomic E-state index is 0. The predicted octanol–water partition coefficient (Wildman–Crippen LogP) is -0.689. The molecule has 0 aliphatic heterocycles. The molecule has 0 fully saturated rings. The van der Waals surface area contributed by atoms with Gasteiger partial charge in [-0.1, -0.05) is 0 Å². The second-order valence-electron chi connectivity index (χ2n) is 1.28. The Balaban J connectivity index is 0. The summed E-state index contributed by atoms with van der Waals surface area (Å²) in [7, 11) is 0. The molecule has 0 saturated carbocycles. The summed E-state index contributed by atoms with van der Waals surface area (Å²) in [6.45, 7) is 4.07. The molecule has 0 heterocycles. The minimum atomic E-state index is 0. The maximum atomic E-state index is 4.89. The normalized spacial score (nSPS) is 7.83. The molecule has 0 atom stereocenters. The van der Waals surface area contributed by atoms with Crippen LogP contribution in [0.1, 0.15) is 13.8 Å². The first-order chi connectivity index (χ1) is 2.27. The monoisotopic (exact) mass is 96.1 g/mol. The standard InChI is InChI=1S/C3H7O.Al.Li.3H/c1-3(2)4;;;;;/h3H,1-2H3;;;;;/q-1;+1;;;;. The molecule has 1 nitrogen and oxygen atoms in total. The molecule has 6 heavy (non-hydrogen) atoms. The van der Waals surface area contributed by atoms with Crippen molar-refractivity contribution in [1.82, 2.24) is 0 Å². The van der Waals surface area contributed by atoms with E-state index in [0.717, 1.165) is 16.6 Å². The van der Waals surface area contributed by atoms with Crippen LogP contribution in [0, 0.1) is 0 Å². The molecule has 0 bridgehead atoms. The summed E-state index contributed by atoms with van der Waals surface area (Å²) >= 11 is 0.873. The van der Waals surface area contributed by atoms with Crippen molar-refractivity contribution in [1.29, 1.82) is 0 Å². The van der Waals surface area contributed by atoms with Crippen LogP contribution in [-0.4, -0.2) is 41.6 Å². The molecule has 0 rings (SSSR count). The van der Waals surface area contributed by atoms with Gasteiger partial charge in [0, 0.05) is 6.10 Å². The van der Waals surface area contributed by atoms with E-state index >= 15 is 0 Å². The first-order valence-corrected chi connectivity index (χ1v) is 2.62. The molecular weight excluding hydrogens is 86.0 g/mol. The first-order valence-electron chi connectivity index (χ1n) is 1.80. The molecule has 0 aromatic rings. The van der Waals surface area contributed by atoms with Gasteiger partial charge in [-0.05, 0) is 13.8 Å². The van der Waals surface area contributed by atoms with E-state index in [-0.39, 0.29) is 18.9 Å². The van der Waals surface area contributed by atoms with Gasteiger partial charge >= 0.3 is 35.5 Å². The average molecular weight is 96.0 g/mol. The summed E-state index contributed by atoms with van der Waals surface area (Å²) in [5, 5.41) is 0. The third kappa shape index (κ3) is 8.92. The Morgan fingerprint density at radius 1 is 1.50 bits per heavy atom. The van der Waals surface area contributed by atoms with Gasteiger partial charge in [-0.25, -0.2) is 0 Å². The SMILES string of the molecule is CC(C)[O][AlH2].[LiH]. The Labute approximate surface area is 59.4 Å². The van der Waals surface area contributed by atoms with Crippen molar-refractivity contribution in [2.45, 2.75) is 20.0 Å². The molecule has 0 aromatic carbocycles. The van der Waals surface area contributed by atoms with Gasteiger partial charge in [0.15, 0.2) is 0 Å². The summed E-state index contributed by atoms with van der Waals surface area (Å²) in [5.41, 5.74) is 0. The Hall–Kier alpha value is 1.09. The van der Waals surface area contributed by atoms with Crippen LogP contribution in [0.5, 0.6) is 0 Å². The molecule has 0 radical (unpaired) electrons. The van der Waals surface area contributed by atoms with Gasteiger partial charge in [0.05, 0.1) is 0 Å². The quantitative estimate of drug-likeness (QED) is 0.392. The van der Waals surface area contributed by atoms with Crippen LogP contribution in [0.25, 0.3) is 0 Å². The molecule has 0 saturated heterocycles. The fourth-order valence-corrected chi connectivity index (χ4v) is 0. The van der Waals surface area contributed by atoms with Crippen molar-refractivity contribution >= 4 is 35.5 Å². The topological polar surface area (TPSA) is 9.23 Å². The van der Waals surface area contributed by atoms with Crippen molar-refractivity contribution < 1.29 is 3.79 Å². The van der Waals surface area contributed by atoms with Crippen molar-refractivity contribution in [2.75, 3.05) is 0 Å². The van der Waals surface area contributed by atoms with E-state index in [4.69, 9.17) is 3.79 Å². The van der Waals surface area contributed by atoms with E-state index in [9.17, 15) is 0 Å². The molecule has 0 amide bonds. The van der Waals surface area contributed by atoms with E-state index in [1.807, 2.05) is 13.8 Å². The van der Waals surface area contributed by atoms with Crippen LogP contribution in [0.3, 0.4) is 0 Å². The summed E-state index contributed by atoms with van der Waals surface area (Å²) in [6, 6.07) is 0. The first kappa shape index (κ1) is 10.1. The van der Waals surface area contributed by atoms with E-state index in [1.165, 1.54) is 0 Å². The third-order valence-electron chi connectivity index (χ3n) is 0.471. The van der Waals surface area contributed by atoms with Crippen LogP contribution in [0.4, 0.5) is 0 Å². The molecule has 0 spiro atoms. The Bertz CT molecular complexity index is 24.8. The Morgan fingerprint density at radius 3 is 1.67 bits per heavy atom. The molecule has 0 aliphatic carbocycles. The van der Waals surface area contributed by atoms with Gasteiger partial charge in [-0.2, -0.15) is 0 Å². The van der Waals surface area contributed by atoms with Crippen LogP contribution in [0.2, 0.25) is 0 Å². The van der Waals surface area contributed by atoms with Crippen molar-refractivity contribution in [3.8, 4) is 0 Å². The van der Waals surface area contributed by atoms with Crippen molar-refractivity contribution in [3.63, 3.8) is 0 Å². The molecule has 0 N–H and O–H groups in total. The van der Waals surface area contributed by atoms with Gasteiger partial charge in [-0.15, -0.1) is 0 Å². The average Bonchev–Trinajstić information content (AvgIpc) is 1.38. The molecule has 0 aromatic heterocycles. The van der Waals surface area contributed by atoms with Crippen molar-refractivity contribution in [2.24, 2.45) is 0 Å². The summed E-state index contributed by atoms with van der Waals surface area (Å²) in [5.74, 6) is 0. The van der Waals surface area contributed by atoms with Crippen LogP contribution >= 0.6 is 0 Å². The summed E-state index contributed by atoms with van der Waals surface area (Å²) in [6.07, 6.45) is 0.446. The van der Waals surface area contributed by atoms with E-state index in [0.29, 0.717) is 6.10 Å². The number of rotatable bonds is 1. The Morgan fingerprint density at radius 2 is 1.67 bits per heavy atom. The van der Waals surface area contributed by atoms with Gasteiger partial charge in [0.1, 0.15) is 0 Å². The Kier molecular flexibility index (Phi) is 10.3. The van der Waals surface area contributed by atoms with E-state index < -0.39 is 0 Å². The fraction of sp³-hybridized carbons (Fsp3) is 1.00. The maximum absolute atomic E-state index is 4.89. The second-order valence-corrected chi connectivity index (χ2v) is 1.76. The predicted molar refractivity (Wildman–Crippen MR) is 31.9 cm³/mol. The van der Waals surface area contributed by atoms with E-state index in [2.05, 4.69) is 0 Å². The van der Waals surface area contributed by atoms with Crippen molar-refractivity contribution in [3.05, 3.63) is 0 Å². The molecular formula is C3H10AlLiO.